The van der Waals surface area contributed by atoms with Crippen LogP contribution in [0.4, 0.5) is 5.82 Å². The molecule has 9 heteroatoms. The molecule has 2 aromatic rings. The first-order valence-corrected chi connectivity index (χ1v) is 9.44. The van der Waals surface area contributed by atoms with E-state index < -0.39 is 10.0 Å². The van der Waals surface area contributed by atoms with Gasteiger partial charge in [-0.2, -0.15) is 5.26 Å². The van der Waals surface area contributed by atoms with Gasteiger partial charge in [-0.15, -0.1) is 0 Å². The molecular weight excluding hydrogens is 340 g/mol. The molecule has 0 saturated carbocycles. The van der Waals surface area contributed by atoms with Crippen molar-refractivity contribution in [1.29, 1.82) is 5.26 Å². The van der Waals surface area contributed by atoms with Gasteiger partial charge in [0.15, 0.2) is 11.5 Å². The van der Waals surface area contributed by atoms with Gasteiger partial charge in [-0.1, -0.05) is 0 Å². The predicted molar refractivity (Wildman–Crippen MR) is 91.1 cm³/mol. The molecule has 25 heavy (non-hydrogen) atoms. The minimum atomic E-state index is -3.53. The number of aromatic nitrogens is 3. The minimum absolute atomic E-state index is 0.172. The molecule has 8 nitrogen and oxygen atoms in total. The lowest BCUT2D eigenvalue weighted by Gasteiger charge is -2.32. The van der Waals surface area contributed by atoms with Crippen LogP contribution in [0.5, 0.6) is 0 Å². The summed E-state index contributed by atoms with van der Waals surface area (Å²) in [5.41, 5.74) is 0.318. The summed E-state index contributed by atoms with van der Waals surface area (Å²) in [6, 6.07) is 5.18. The molecule has 1 aliphatic rings. The third-order valence-electron chi connectivity index (χ3n) is 4.21. The first-order chi connectivity index (χ1) is 12.1. The topological polar surface area (TPSA) is 112 Å². The SMILES string of the molecule is N#Cc1nccnc1N1CCC(CNS(=O)(=O)c2cccnc2)CC1. The lowest BCUT2D eigenvalue weighted by molar-refractivity contribution is 0.400. The van der Waals surface area contributed by atoms with E-state index in [0.29, 0.717) is 31.1 Å². The molecule has 0 atom stereocenters. The van der Waals surface area contributed by atoms with Crippen LogP contribution in [0.15, 0.2) is 41.8 Å². The molecule has 0 aromatic carbocycles. The van der Waals surface area contributed by atoms with Crippen LogP contribution in [0.25, 0.3) is 0 Å². The van der Waals surface area contributed by atoms with Crippen LogP contribution in [0.3, 0.4) is 0 Å². The van der Waals surface area contributed by atoms with Crippen molar-refractivity contribution in [3.63, 3.8) is 0 Å². The Kier molecular flexibility index (Phi) is 5.21. The van der Waals surface area contributed by atoms with Crippen LogP contribution < -0.4 is 9.62 Å². The van der Waals surface area contributed by atoms with Gasteiger partial charge >= 0.3 is 0 Å². The summed E-state index contributed by atoms with van der Waals surface area (Å²) in [4.78, 5) is 14.3. The Bertz CT molecular complexity index is 858. The van der Waals surface area contributed by atoms with E-state index in [1.165, 1.54) is 24.7 Å². The van der Waals surface area contributed by atoms with Crippen molar-refractivity contribution < 1.29 is 8.42 Å². The fourth-order valence-corrected chi connectivity index (χ4v) is 3.89. The summed E-state index contributed by atoms with van der Waals surface area (Å²) in [5.74, 6) is 0.837. The Hall–Kier alpha value is -2.57. The van der Waals surface area contributed by atoms with E-state index in [2.05, 4.69) is 25.7 Å². The molecule has 1 N–H and O–H groups in total. The lowest BCUT2D eigenvalue weighted by Crippen LogP contribution is -2.39. The highest BCUT2D eigenvalue weighted by atomic mass is 32.2. The maximum atomic E-state index is 12.2. The zero-order valence-electron chi connectivity index (χ0n) is 13.5. The van der Waals surface area contributed by atoms with E-state index in [-0.39, 0.29) is 10.8 Å². The maximum absolute atomic E-state index is 12.2. The minimum Gasteiger partial charge on any atom is -0.354 e. The number of sulfonamides is 1. The second kappa shape index (κ2) is 7.55. The monoisotopic (exact) mass is 358 g/mol. The van der Waals surface area contributed by atoms with Crippen molar-refractivity contribution in [2.75, 3.05) is 24.5 Å². The summed E-state index contributed by atoms with van der Waals surface area (Å²) >= 11 is 0. The largest absolute Gasteiger partial charge is 0.354 e. The van der Waals surface area contributed by atoms with Crippen LogP contribution in [-0.4, -0.2) is 43.0 Å². The number of nitriles is 1. The third kappa shape index (κ3) is 4.10. The summed E-state index contributed by atoms with van der Waals surface area (Å²) in [7, 11) is -3.53. The van der Waals surface area contributed by atoms with E-state index in [0.717, 1.165) is 12.8 Å². The Labute approximate surface area is 146 Å². The molecule has 0 radical (unpaired) electrons. The van der Waals surface area contributed by atoms with Gasteiger partial charge in [0.25, 0.3) is 0 Å². The second-order valence-electron chi connectivity index (χ2n) is 5.81. The number of hydrogen-bond acceptors (Lipinski definition) is 7. The number of hydrogen-bond donors (Lipinski definition) is 1. The van der Waals surface area contributed by atoms with Crippen LogP contribution in [0.1, 0.15) is 18.5 Å². The van der Waals surface area contributed by atoms with E-state index in [1.807, 2.05) is 4.90 Å². The van der Waals surface area contributed by atoms with Gasteiger partial charge in [-0.25, -0.2) is 23.1 Å². The van der Waals surface area contributed by atoms with Crippen LogP contribution in [0, 0.1) is 17.2 Å². The van der Waals surface area contributed by atoms with E-state index >= 15 is 0 Å². The molecule has 0 amide bonds. The van der Waals surface area contributed by atoms with Crippen molar-refractivity contribution in [3.8, 4) is 6.07 Å². The molecule has 1 fully saturated rings. The maximum Gasteiger partial charge on any atom is 0.242 e. The second-order valence-corrected chi connectivity index (χ2v) is 7.58. The molecule has 2 aromatic heterocycles. The molecule has 3 heterocycles. The molecule has 0 spiro atoms. The fourth-order valence-electron chi connectivity index (χ4n) is 2.81. The van der Waals surface area contributed by atoms with E-state index in [9.17, 15) is 8.42 Å². The Morgan fingerprint density at radius 2 is 2.00 bits per heavy atom. The predicted octanol–water partition coefficient (Wildman–Crippen LogP) is 0.938. The van der Waals surface area contributed by atoms with Gasteiger partial charge in [0.2, 0.25) is 10.0 Å². The normalized spacial score (nSPS) is 15.7. The number of nitrogens with one attached hydrogen (secondary N) is 1. The van der Waals surface area contributed by atoms with Crippen LogP contribution >= 0.6 is 0 Å². The first kappa shape index (κ1) is 17.3. The molecule has 1 saturated heterocycles. The van der Waals surface area contributed by atoms with Gasteiger partial charge < -0.3 is 4.90 Å². The zero-order chi connectivity index (χ0) is 17.7. The van der Waals surface area contributed by atoms with Crippen LogP contribution in [0.2, 0.25) is 0 Å². The number of piperidine rings is 1. The zero-order valence-corrected chi connectivity index (χ0v) is 14.4. The van der Waals surface area contributed by atoms with Gasteiger partial charge in [0, 0.05) is 44.4 Å². The highest BCUT2D eigenvalue weighted by Gasteiger charge is 2.24. The average Bonchev–Trinajstić information content (AvgIpc) is 2.67. The molecule has 130 valence electrons. The van der Waals surface area contributed by atoms with E-state index in [4.69, 9.17) is 5.26 Å². The Morgan fingerprint density at radius 1 is 1.24 bits per heavy atom. The Balaban J connectivity index is 1.56. The molecule has 1 aliphatic heterocycles. The standard InChI is InChI=1S/C16H18N6O2S/c17-10-15-16(20-7-6-19-15)22-8-3-13(4-9-22)11-21-25(23,24)14-2-1-5-18-12-14/h1-2,5-7,12-13,21H,3-4,8-9,11H2. The van der Waals surface area contributed by atoms with Gasteiger partial charge in [-0.05, 0) is 30.9 Å². The third-order valence-corrected chi connectivity index (χ3v) is 5.61. The van der Waals surface area contributed by atoms with Crippen molar-refractivity contribution >= 4 is 15.8 Å². The quantitative estimate of drug-likeness (QED) is 0.846. The van der Waals surface area contributed by atoms with Gasteiger partial charge in [-0.3, -0.25) is 4.98 Å². The van der Waals surface area contributed by atoms with Crippen molar-refractivity contribution in [1.82, 2.24) is 19.7 Å². The van der Waals surface area contributed by atoms with Crippen LogP contribution in [-0.2, 0) is 10.0 Å². The number of anilines is 1. The number of nitrogens with zero attached hydrogens (tertiary/aromatic N) is 5. The molecule has 3 rings (SSSR count). The van der Waals surface area contributed by atoms with Crippen molar-refractivity contribution in [2.45, 2.75) is 17.7 Å². The number of pyridine rings is 1. The summed E-state index contributed by atoms with van der Waals surface area (Å²) < 4.78 is 27.1. The van der Waals surface area contributed by atoms with Gasteiger partial charge in [0.1, 0.15) is 11.0 Å². The average molecular weight is 358 g/mol. The Morgan fingerprint density at radius 3 is 2.68 bits per heavy atom. The molecular formula is C16H18N6O2S. The van der Waals surface area contributed by atoms with Crippen molar-refractivity contribution in [2.24, 2.45) is 5.92 Å². The summed E-state index contributed by atoms with van der Waals surface area (Å²) in [6.07, 6.45) is 7.58. The fraction of sp³-hybridized carbons (Fsp3) is 0.375. The van der Waals surface area contributed by atoms with Crippen molar-refractivity contribution in [3.05, 3.63) is 42.6 Å². The summed E-state index contributed by atoms with van der Waals surface area (Å²) in [5, 5.41) is 9.12. The molecule has 0 unspecified atom stereocenters. The molecule has 0 bridgehead atoms. The smallest absolute Gasteiger partial charge is 0.242 e. The first-order valence-electron chi connectivity index (χ1n) is 7.96. The lowest BCUT2D eigenvalue weighted by atomic mass is 9.97. The highest BCUT2D eigenvalue weighted by Crippen LogP contribution is 2.23. The summed E-state index contributed by atoms with van der Waals surface area (Å²) in [6.45, 7) is 1.82. The molecule has 0 aliphatic carbocycles. The van der Waals surface area contributed by atoms with Gasteiger partial charge in [0.05, 0.1) is 0 Å². The highest BCUT2D eigenvalue weighted by molar-refractivity contribution is 7.89. The number of rotatable bonds is 5. The van der Waals surface area contributed by atoms with E-state index in [1.54, 1.807) is 12.3 Å².